The molecular formula is C23H23N5O8. The van der Waals surface area contributed by atoms with Crippen molar-refractivity contribution in [2.75, 3.05) is 39.7 Å². The van der Waals surface area contributed by atoms with Gasteiger partial charge in [0.15, 0.2) is 5.70 Å². The summed E-state index contributed by atoms with van der Waals surface area (Å²) in [5, 5.41) is 5.81. The molecule has 188 valence electrons. The molecular weight excluding hydrogens is 474 g/mol. The van der Waals surface area contributed by atoms with E-state index in [2.05, 4.69) is 15.6 Å². The average molecular weight is 497 g/mol. The van der Waals surface area contributed by atoms with E-state index < -0.39 is 47.5 Å². The van der Waals surface area contributed by atoms with Crippen molar-refractivity contribution in [1.29, 1.82) is 0 Å². The molecule has 0 radical (unpaired) electrons. The van der Waals surface area contributed by atoms with Crippen LogP contribution in [0.25, 0.3) is 0 Å². The first kappa shape index (κ1) is 23.3. The van der Waals surface area contributed by atoms with Gasteiger partial charge < -0.3 is 24.8 Å². The summed E-state index contributed by atoms with van der Waals surface area (Å²) in [6, 6.07) is 3.58. The summed E-state index contributed by atoms with van der Waals surface area (Å²) in [5.74, 6) is -2.46. The van der Waals surface area contributed by atoms with Gasteiger partial charge in [0.1, 0.15) is 11.9 Å². The maximum absolute atomic E-state index is 13.7. The number of hydrogen-bond donors (Lipinski definition) is 2. The number of anilines is 1. The number of amidine groups is 1. The van der Waals surface area contributed by atoms with Crippen LogP contribution in [-0.2, 0) is 34.0 Å². The van der Waals surface area contributed by atoms with Crippen molar-refractivity contribution in [1.82, 2.24) is 15.1 Å². The Morgan fingerprint density at radius 3 is 2.42 bits per heavy atom. The maximum atomic E-state index is 13.7. The summed E-state index contributed by atoms with van der Waals surface area (Å²) >= 11 is 0. The first-order valence-corrected chi connectivity index (χ1v) is 11.1. The second-order valence-electron chi connectivity index (χ2n) is 8.55. The predicted octanol–water partition coefficient (Wildman–Crippen LogP) is 0.123. The first-order valence-electron chi connectivity index (χ1n) is 11.1. The van der Waals surface area contributed by atoms with E-state index in [1.165, 1.54) is 14.2 Å². The number of likely N-dealkylation sites (tertiary alicyclic amines) is 1. The lowest BCUT2D eigenvalue weighted by atomic mass is 9.69. The molecule has 13 nitrogen and oxygen atoms in total. The van der Waals surface area contributed by atoms with Crippen LogP contribution in [-0.4, -0.2) is 92.1 Å². The lowest BCUT2D eigenvalue weighted by Crippen LogP contribution is -2.55. The number of esters is 3. The molecule has 0 saturated carbocycles. The van der Waals surface area contributed by atoms with Gasteiger partial charge in [-0.2, -0.15) is 0 Å². The molecule has 5 rings (SSSR count). The number of methoxy groups -OCH3 is 3. The Labute approximate surface area is 205 Å². The fourth-order valence-electron chi connectivity index (χ4n) is 5.44. The van der Waals surface area contributed by atoms with Gasteiger partial charge in [0, 0.05) is 18.8 Å². The van der Waals surface area contributed by atoms with Crippen LogP contribution in [0, 0.1) is 0 Å². The van der Waals surface area contributed by atoms with Gasteiger partial charge in [0.05, 0.1) is 38.4 Å². The maximum Gasteiger partial charge on any atom is 0.357 e. The molecule has 1 aromatic rings. The molecule has 4 heterocycles. The highest BCUT2D eigenvalue weighted by Crippen LogP contribution is 2.55. The van der Waals surface area contributed by atoms with Gasteiger partial charge in [-0.15, -0.1) is 0 Å². The summed E-state index contributed by atoms with van der Waals surface area (Å²) in [6.45, 7) is 0.319. The lowest BCUT2D eigenvalue weighted by Gasteiger charge is -2.37. The van der Waals surface area contributed by atoms with E-state index in [4.69, 9.17) is 14.2 Å². The van der Waals surface area contributed by atoms with Crippen molar-refractivity contribution in [3.8, 4) is 0 Å². The van der Waals surface area contributed by atoms with Crippen molar-refractivity contribution in [3.63, 3.8) is 0 Å². The van der Waals surface area contributed by atoms with Crippen molar-refractivity contribution in [3.05, 3.63) is 41.1 Å². The number of aliphatic imine (C=N–C) groups is 1. The van der Waals surface area contributed by atoms with Crippen LogP contribution in [0.4, 0.5) is 15.3 Å². The van der Waals surface area contributed by atoms with Gasteiger partial charge in [0.25, 0.3) is 0 Å². The van der Waals surface area contributed by atoms with Gasteiger partial charge in [-0.25, -0.2) is 33.9 Å². The van der Waals surface area contributed by atoms with Gasteiger partial charge in [0.2, 0.25) is 0 Å². The second kappa shape index (κ2) is 8.36. The summed E-state index contributed by atoms with van der Waals surface area (Å²) in [7, 11) is 3.49. The Morgan fingerprint density at radius 2 is 1.78 bits per heavy atom. The number of carbonyl (C=O) groups excluding carboxylic acids is 5. The largest absolute Gasteiger partial charge is 0.467 e. The zero-order valence-electron chi connectivity index (χ0n) is 19.7. The van der Waals surface area contributed by atoms with Crippen molar-refractivity contribution < 1.29 is 38.2 Å². The highest BCUT2D eigenvalue weighted by atomic mass is 16.5. The third kappa shape index (κ3) is 3.01. The van der Waals surface area contributed by atoms with E-state index in [9.17, 15) is 24.0 Å². The Morgan fingerprint density at radius 1 is 1.06 bits per heavy atom. The molecule has 13 heteroatoms. The second-order valence-corrected chi connectivity index (χ2v) is 8.55. The van der Waals surface area contributed by atoms with Crippen molar-refractivity contribution in [2.24, 2.45) is 4.99 Å². The molecule has 2 N–H and O–H groups in total. The van der Waals surface area contributed by atoms with E-state index in [0.29, 0.717) is 11.3 Å². The molecule has 0 aromatic heterocycles. The van der Waals surface area contributed by atoms with E-state index >= 15 is 0 Å². The number of nitrogens with one attached hydrogen (secondary N) is 2. The average Bonchev–Trinajstić information content (AvgIpc) is 3.58. The number of nitrogens with zero attached hydrogens (tertiary/aromatic N) is 3. The molecule has 1 aromatic carbocycles. The highest BCUT2D eigenvalue weighted by Gasteiger charge is 2.66. The van der Waals surface area contributed by atoms with Crippen LogP contribution >= 0.6 is 0 Å². The van der Waals surface area contributed by atoms with Crippen LogP contribution in [0.3, 0.4) is 0 Å². The Hall–Kier alpha value is -4.42. The Kier molecular flexibility index (Phi) is 5.42. The number of carbonyl (C=O) groups is 5. The van der Waals surface area contributed by atoms with Gasteiger partial charge in [-0.3, -0.25) is 4.90 Å². The number of urea groups is 2. The summed E-state index contributed by atoms with van der Waals surface area (Å²) in [4.78, 5) is 71.4. The molecule has 0 aliphatic carbocycles. The first-order chi connectivity index (χ1) is 17.3. The molecule has 3 atom stereocenters. The molecule has 36 heavy (non-hydrogen) atoms. The van der Waals surface area contributed by atoms with E-state index in [1.807, 2.05) is 0 Å². The fraction of sp³-hybridized carbons (Fsp3) is 0.391. The molecule has 2 fully saturated rings. The van der Waals surface area contributed by atoms with Crippen LogP contribution in [0.1, 0.15) is 12.0 Å². The van der Waals surface area contributed by atoms with E-state index in [1.54, 1.807) is 24.3 Å². The summed E-state index contributed by atoms with van der Waals surface area (Å²) in [6.07, 6.45) is -0.0245. The number of rotatable bonds is 3. The van der Waals surface area contributed by atoms with Crippen LogP contribution in [0.15, 0.2) is 40.5 Å². The zero-order valence-corrected chi connectivity index (χ0v) is 19.7. The quantitative estimate of drug-likeness (QED) is 0.437. The SMILES string of the molecule is COC(=O)C1=C(C(=O)OC)[C@@H]2Nc3ccccc3[C@@]23C[C@@H](C(=O)OC)N(C(=O)N2CCNC2=O)C3=N1. The van der Waals surface area contributed by atoms with Crippen molar-refractivity contribution >= 4 is 41.5 Å². The number of imide groups is 1. The van der Waals surface area contributed by atoms with Crippen LogP contribution < -0.4 is 10.6 Å². The molecule has 1 spiro atoms. The standard InChI is InChI=1S/C23H23N5O8/c1-34-17(29)13-10-23-11-6-4-5-7-12(11)25-16(23)14(18(30)35-2)15(19(31)36-3)26-20(23)28(13)22(33)27-9-8-24-21(27)32/h4-7,13,16,25H,8-10H2,1-3H3,(H,24,32)/t13-,16-,23-/m0/s1. The number of benzene rings is 1. The third-order valence-electron chi connectivity index (χ3n) is 6.97. The molecule has 0 unspecified atom stereocenters. The Balaban J connectivity index is 1.79. The number of fused-ring (bicyclic) bond motifs is 1. The smallest absolute Gasteiger partial charge is 0.357 e. The van der Waals surface area contributed by atoms with Crippen LogP contribution in [0.5, 0.6) is 0 Å². The molecule has 4 amide bonds. The van der Waals surface area contributed by atoms with Gasteiger partial charge >= 0.3 is 30.0 Å². The highest BCUT2D eigenvalue weighted by molar-refractivity contribution is 6.18. The van der Waals surface area contributed by atoms with Crippen LogP contribution in [0.2, 0.25) is 0 Å². The molecule has 0 bridgehead atoms. The fourth-order valence-corrected chi connectivity index (χ4v) is 5.44. The molecule has 4 aliphatic rings. The normalized spacial score (nSPS) is 25.8. The molecule has 4 aliphatic heterocycles. The van der Waals surface area contributed by atoms with Gasteiger partial charge in [-0.1, -0.05) is 18.2 Å². The minimum absolute atomic E-state index is 0.0245. The predicted molar refractivity (Wildman–Crippen MR) is 122 cm³/mol. The lowest BCUT2D eigenvalue weighted by molar-refractivity contribution is -0.144. The number of amides is 4. The summed E-state index contributed by atoms with van der Waals surface area (Å²) in [5.41, 5.74) is -0.410. The van der Waals surface area contributed by atoms with Gasteiger partial charge in [-0.05, 0) is 18.1 Å². The topological polar surface area (TPSA) is 156 Å². The van der Waals surface area contributed by atoms with Crippen molar-refractivity contribution in [2.45, 2.75) is 23.9 Å². The zero-order chi connectivity index (χ0) is 25.8. The number of ether oxygens (including phenoxy) is 3. The molecule has 2 saturated heterocycles. The third-order valence-corrected chi connectivity index (χ3v) is 6.97. The number of para-hydroxylation sites is 1. The number of hydrogen-bond acceptors (Lipinski definition) is 10. The Bertz CT molecular complexity index is 1270. The van der Waals surface area contributed by atoms with E-state index in [-0.39, 0.29) is 36.6 Å². The monoisotopic (exact) mass is 497 g/mol. The van der Waals surface area contributed by atoms with E-state index in [0.717, 1.165) is 16.9 Å². The summed E-state index contributed by atoms with van der Waals surface area (Å²) < 4.78 is 14.9. The minimum atomic E-state index is -1.23. The minimum Gasteiger partial charge on any atom is -0.467 e.